The zero-order valence-electron chi connectivity index (χ0n) is 13.6. The van der Waals surface area contributed by atoms with E-state index in [0.29, 0.717) is 13.2 Å². The molecule has 0 aromatic heterocycles. The van der Waals surface area contributed by atoms with Crippen molar-refractivity contribution in [2.24, 2.45) is 0 Å². The lowest BCUT2D eigenvalue weighted by molar-refractivity contribution is -0.149. The second-order valence-electron chi connectivity index (χ2n) is 5.88. The molecule has 1 unspecified atom stereocenters. The fourth-order valence-electron chi connectivity index (χ4n) is 3.01. The Hall–Kier alpha value is -1.24. The van der Waals surface area contributed by atoms with E-state index >= 15 is 0 Å². The van der Waals surface area contributed by atoms with Crippen LogP contribution in [0.4, 0.5) is 0 Å². The summed E-state index contributed by atoms with van der Waals surface area (Å²) in [5.74, 6) is 3.09. The second-order valence-corrected chi connectivity index (χ2v) is 7.11. The van der Waals surface area contributed by atoms with Gasteiger partial charge in [-0.3, -0.25) is 9.69 Å². The Bertz CT molecular complexity index is 534. The van der Waals surface area contributed by atoms with E-state index in [1.165, 1.54) is 5.56 Å². The van der Waals surface area contributed by atoms with E-state index < -0.39 is 0 Å². The zero-order valence-corrected chi connectivity index (χ0v) is 14.4. The van der Waals surface area contributed by atoms with Gasteiger partial charge in [-0.15, -0.1) is 0 Å². The molecule has 0 aliphatic carbocycles. The maximum atomic E-state index is 12.6. The Labute approximate surface area is 141 Å². The van der Waals surface area contributed by atoms with Crippen molar-refractivity contribution in [1.82, 2.24) is 9.80 Å². The summed E-state index contributed by atoms with van der Waals surface area (Å²) in [4.78, 5) is 16.8. The third-order valence-corrected chi connectivity index (χ3v) is 5.23. The number of thioether (sulfide) groups is 1. The number of morpholine rings is 1. The predicted molar refractivity (Wildman–Crippen MR) is 91.9 cm³/mol. The van der Waals surface area contributed by atoms with Crippen molar-refractivity contribution in [3.05, 3.63) is 29.8 Å². The van der Waals surface area contributed by atoms with Crippen LogP contribution < -0.4 is 4.74 Å². The van der Waals surface area contributed by atoms with Crippen molar-refractivity contribution in [1.29, 1.82) is 0 Å². The summed E-state index contributed by atoms with van der Waals surface area (Å²) in [5.41, 5.74) is 1.20. The number of hydrogen-bond acceptors (Lipinski definition) is 5. The third-order valence-electron chi connectivity index (χ3n) is 4.29. The smallest absolute Gasteiger partial charge is 0.253 e. The van der Waals surface area contributed by atoms with Gasteiger partial charge in [-0.25, -0.2) is 0 Å². The van der Waals surface area contributed by atoms with Crippen LogP contribution in [0, 0.1) is 0 Å². The summed E-state index contributed by atoms with van der Waals surface area (Å²) in [6.07, 6.45) is -0.322. The maximum absolute atomic E-state index is 12.6. The van der Waals surface area contributed by atoms with Gasteiger partial charge in [-0.2, -0.15) is 11.8 Å². The van der Waals surface area contributed by atoms with Crippen LogP contribution in [0.3, 0.4) is 0 Å². The van der Waals surface area contributed by atoms with E-state index in [1.54, 1.807) is 7.11 Å². The molecular weight excluding hydrogens is 312 g/mol. The number of hydrogen-bond donors (Lipinski definition) is 0. The molecular formula is C17H24N2O3S. The minimum absolute atomic E-state index is 0.153. The SMILES string of the molecule is COc1cccc(CN2CCOC(C(=O)N3CCSCC3)C2)c1. The summed E-state index contributed by atoms with van der Waals surface area (Å²) in [6, 6.07) is 8.09. The normalized spacial score (nSPS) is 22.8. The molecule has 1 aromatic carbocycles. The molecule has 0 radical (unpaired) electrons. The van der Waals surface area contributed by atoms with Crippen LogP contribution in [-0.4, -0.2) is 73.2 Å². The summed E-state index contributed by atoms with van der Waals surface area (Å²) in [7, 11) is 1.68. The fraction of sp³-hybridized carbons (Fsp3) is 0.588. The first kappa shape index (κ1) is 16.6. The second kappa shape index (κ2) is 8.04. The Morgan fingerprint density at radius 2 is 2.17 bits per heavy atom. The van der Waals surface area contributed by atoms with Gasteiger partial charge in [0.25, 0.3) is 5.91 Å². The summed E-state index contributed by atoms with van der Waals surface area (Å²) < 4.78 is 11.0. The lowest BCUT2D eigenvalue weighted by atomic mass is 10.1. The first-order valence-electron chi connectivity index (χ1n) is 8.09. The highest BCUT2D eigenvalue weighted by Crippen LogP contribution is 2.18. The third kappa shape index (κ3) is 4.40. The van der Waals surface area contributed by atoms with Gasteiger partial charge >= 0.3 is 0 Å². The largest absolute Gasteiger partial charge is 0.497 e. The first-order chi connectivity index (χ1) is 11.3. The first-order valence-corrected chi connectivity index (χ1v) is 9.25. The van der Waals surface area contributed by atoms with E-state index in [-0.39, 0.29) is 12.0 Å². The average molecular weight is 336 g/mol. The van der Waals surface area contributed by atoms with E-state index in [1.807, 2.05) is 34.9 Å². The molecule has 0 bridgehead atoms. The van der Waals surface area contributed by atoms with E-state index in [9.17, 15) is 4.79 Å². The molecule has 0 saturated carbocycles. The molecule has 1 amide bonds. The number of amides is 1. The van der Waals surface area contributed by atoms with Gasteiger partial charge in [0.1, 0.15) is 11.9 Å². The fourth-order valence-corrected chi connectivity index (χ4v) is 3.92. The van der Waals surface area contributed by atoms with Crippen molar-refractivity contribution in [3.8, 4) is 5.75 Å². The van der Waals surface area contributed by atoms with Crippen LogP contribution in [0.25, 0.3) is 0 Å². The van der Waals surface area contributed by atoms with E-state index in [0.717, 1.165) is 43.4 Å². The Morgan fingerprint density at radius 3 is 2.96 bits per heavy atom. The predicted octanol–water partition coefficient (Wildman–Crippen LogP) is 1.47. The highest BCUT2D eigenvalue weighted by Gasteiger charge is 2.30. The Kier molecular flexibility index (Phi) is 5.80. The van der Waals surface area contributed by atoms with Crippen molar-refractivity contribution in [3.63, 3.8) is 0 Å². The molecule has 6 heteroatoms. The number of carbonyl (C=O) groups excluding carboxylic acids is 1. The molecule has 1 aromatic rings. The molecule has 5 nitrogen and oxygen atoms in total. The minimum atomic E-state index is -0.322. The number of rotatable bonds is 4. The van der Waals surface area contributed by atoms with Gasteiger partial charge in [-0.1, -0.05) is 12.1 Å². The molecule has 2 aliphatic heterocycles. The number of ether oxygens (including phenoxy) is 2. The van der Waals surface area contributed by atoms with Gasteiger partial charge in [-0.05, 0) is 17.7 Å². The van der Waals surface area contributed by atoms with Crippen LogP contribution in [0.2, 0.25) is 0 Å². The monoisotopic (exact) mass is 336 g/mol. The van der Waals surface area contributed by atoms with E-state index in [2.05, 4.69) is 11.0 Å². The standard InChI is InChI=1S/C17H24N2O3S/c1-21-15-4-2-3-14(11-15)12-18-5-8-22-16(13-18)17(20)19-6-9-23-10-7-19/h2-4,11,16H,5-10,12-13H2,1H3. The topological polar surface area (TPSA) is 42.0 Å². The van der Waals surface area contributed by atoms with Crippen LogP contribution in [0.5, 0.6) is 5.75 Å². The highest BCUT2D eigenvalue weighted by molar-refractivity contribution is 7.99. The minimum Gasteiger partial charge on any atom is -0.497 e. The van der Waals surface area contributed by atoms with Crippen LogP contribution in [0.1, 0.15) is 5.56 Å². The lowest BCUT2D eigenvalue weighted by Gasteiger charge is -2.36. The molecule has 0 spiro atoms. The van der Waals surface area contributed by atoms with Gasteiger partial charge in [0.2, 0.25) is 0 Å². The molecule has 2 saturated heterocycles. The molecule has 1 atom stereocenters. The summed E-state index contributed by atoms with van der Waals surface area (Å²) in [6.45, 7) is 4.65. The van der Waals surface area contributed by atoms with Gasteiger partial charge in [0.15, 0.2) is 0 Å². The Morgan fingerprint density at radius 1 is 1.35 bits per heavy atom. The van der Waals surface area contributed by atoms with Crippen LogP contribution in [0.15, 0.2) is 24.3 Å². The number of benzene rings is 1. The van der Waals surface area contributed by atoms with Gasteiger partial charge in [0.05, 0.1) is 13.7 Å². The highest BCUT2D eigenvalue weighted by atomic mass is 32.2. The lowest BCUT2D eigenvalue weighted by Crippen LogP contribution is -2.52. The maximum Gasteiger partial charge on any atom is 0.253 e. The van der Waals surface area contributed by atoms with Gasteiger partial charge in [0, 0.05) is 44.2 Å². The molecule has 2 fully saturated rings. The van der Waals surface area contributed by atoms with E-state index in [4.69, 9.17) is 9.47 Å². The van der Waals surface area contributed by atoms with Crippen LogP contribution in [-0.2, 0) is 16.1 Å². The molecule has 3 rings (SSSR count). The average Bonchev–Trinajstić information content (AvgIpc) is 2.62. The quantitative estimate of drug-likeness (QED) is 0.833. The molecule has 2 aliphatic rings. The van der Waals surface area contributed by atoms with Crippen molar-refractivity contribution < 1.29 is 14.3 Å². The van der Waals surface area contributed by atoms with Crippen LogP contribution >= 0.6 is 11.8 Å². The molecule has 126 valence electrons. The summed E-state index contributed by atoms with van der Waals surface area (Å²) >= 11 is 1.91. The van der Waals surface area contributed by atoms with Gasteiger partial charge < -0.3 is 14.4 Å². The van der Waals surface area contributed by atoms with Crippen molar-refractivity contribution in [2.45, 2.75) is 12.6 Å². The van der Waals surface area contributed by atoms with Crippen molar-refractivity contribution in [2.75, 3.05) is 51.4 Å². The molecule has 0 N–H and O–H groups in total. The number of carbonyl (C=O) groups is 1. The van der Waals surface area contributed by atoms with Crippen molar-refractivity contribution >= 4 is 17.7 Å². The Balaban J connectivity index is 1.58. The molecule has 23 heavy (non-hydrogen) atoms. The number of nitrogens with zero attached hydrogens (tertiary/aromatic N) is 2. The molecule has 2 heterocycles. The zero-order chi connectivity index (χ0) is 16.1. The number of methoxy groups -OCH3 is 1. The summed E-state index contributed by atoms with van der Waals surface area (Å²) in [5, 5.41) is 0.